The number of hydrogen-bond acceptors (Lipinski definition) is 9. The highest BCUT2D eigenvalue weighted by atomic mass is 31.2. The minimum atomic E-state index is -3.94. The second kappa shape index (κ2) is 16.4. The van der Waals surface area contributed by atoms with E-state index in [-0.39, 0.29) is 12.2 Å². The quantitative estimate of drug-likeness (QED) is 0.131. The highest BCUT2D eigenvalue weighted by molar-refractivity contribution is 7.51. The summed E-state index contributed by atoms with van der Waals surface area (Å²) in [5, 5.41) is 10.9. The molecule has 234 valence electrons. The van der Waals surface area contributed by atoms with Crippen molar-refractivity contribution in [2.75, 3.05) is 74.5 Å². The zero-order valence-corrected chi connectivity index (χ0v) is 26.0. The van der Waals surface area contributed by atoms with Crippen molar-refractivity contribution in [2.24, 2.45) is 11.8 Å². The number of nitrogens with one attached hydrogen (secondary N) is 3. The van der Waals surface area contributed by atoms with Gasteiger partial charge in [0.25, 0.3) is 0 Å². The number of aromatic nitrogens is 2. The Morgan fingerprint density at radius 2 is 1.71 bits per heavy atom. The molecule has 0 spiro atoms. The zero-order chi connectivity index (χ0) is 29.1. The molecular weight excluding hydrogens is 539 g/mol. The van der Waals surface area contributed by atoms with Gasteiger partial charge in [0.1, 0.15) is 11.6 Å². The summed E-state index contributed by atoms with van der Waals surface area (Å²) in [5.41, 5.74) is 6.16. The molecule has 3 aliphatic rings. The van der Waals surface area contributed by atoms with E-state index in [2.05, 4.69) is 37.7 Å². The molecule has 1 unspecified atom stereocenters. The lowest BCUT2D eigenvalue weighted by Gasteiger charge is -2.40. The lowest BCUT2D eigenvalue weighted by atomic mass is 9.82. The number of nitrogens with zero attached hydrogens (tertiary/aromatic N) is 4. The van der Waals surface area contributed by atoms with Gasteiger partial charge in [-0.05, 0) is 96.3 Å². The molecule has 0 aromatic carbocycles. The molecule has 1 aromatic rings. The van der Waals surface area contributed by atoms with Gasteiger partial charge in [0.2, 0.25) is 5.95 Å². The molecular formula is C29H55N8O3P. The first-order valence-corrected chi connectivity index (χ1v) is 17.9. The molecule has 1 atom stereocenters. The van der Waals surface area contributed by atoms with E-state index in [4.69, 9.17) is 20.5 Å². The van der Waals surface area contributed by atoms with Crippen molar-refractivity contribution < 1.29 is 14.4 Å². The van der Waals surface area contributed by atoms with Gasteiger partial charge in [-0.25, -0.2) is 0 Å². The van der Waals surface area contributed by atoms with Gasteiger partial charge in [-0.1, -0.05) is 19.3 Å². The Labute approximate surface area is 247 Å². The van der Waals surface area contributed by atoms with E-state index in [9.17, 15) is 4.57 Å². The molecule has 2 aliphatic carbocycles. The van der Waals surface area contributed by atoms with Crippen molar-refractivity contribution in [1.29, 1.82) is 0 Å². The maximum Gasteiger partial charge on any atom is 0.325 e. The first kappa shape index (κ1) is 32.4. The average molecular weight is 595 g/mol. The van der Waals surface area contributed by atoms with Crippen molar-refractivity contribution in [2.45, 2.75) is 89.6 Å². The van der Waals surface area contributed by atoms with Gasteiger partial charge in [-0.3, -0.25) is 9.46 Å². The molecule has 7 N–H and O–H groups in total. The van der Waals surface area contributed by atoms with Crippen LogP contribution in [0.4, 0.5) is 17.6 Å². The summed E-state index contributed by atoms with van der Waals surface area (Å²) in [6, 6.07) is 2.86. The van der Waals surface area contributed by atoms with Gasteiger partial charge >= 0.3 is 7.60 Å². The fraction of sp³-hybridized carbons (Fsp3) is 0.862. The molecule has 12 heteroatoms. The second-order valence-electron chi connectivity index (χ2n) is 12.7. The van der Waals surface area contributed by atoms with E-state index in [0.717, 1.165) is 63.6 Å². The summed E-state index contributed by atoms with van der Waals surface area (Å²) in [7, 11) is -3.94. The SMILES string of the molecule is CC1CN(c2cc(N)nc(NCC3CCC(CNCCCNC4CCCCC4)CC3)n2)CCN1CCCP(=O)(O)O. The summed E-state index contributed by atoms with van der Waals surface area (Å²) in [6.07, 6.45) is 13.6. The highest BCUT2D eigenvalue weighted by Gasteiger charge is 2.26. The second-order valence-corrected chi connectivity index (χ2v) is 14.4. The molecule has 3 fully saturated rings. The molecule has 1 saturated heterocycles. The van der Waals surface area contributed by atoms with Crippen LogP contribution in [0.25, 0.3) is 0 Å². The first-order chi connectivity index (χ1) is 19.7. The van der Waals surface area contributed by atoms with Crippen LogP contribution in [0.2, 0.25) is 0 Å². The molecule has 2 saturated carbocycles. The largest absolute Gasteiger partial charge is 0.383 e. The molecule has 11 nitrogen and oxygen atoms in total. The van der Waals surface area contributed by atoms with E-state index in [1.54, 1.807) is 0 Å². The van der Waals surface area contributed by atoms with Crippen LogP contribution in [0, 0.1) is 11.8 Å². The molecule has 0 amide bonds. The van der Waals surface area contributed by atoms with Crippen molar-refractivity contribution in [3.63, 3.8) is 0 Å². The fourth-order valence-electron chi connectivity index (χ4n) is 6.72. The van der Waals surface area contributed by atoms with E-state index >= 15 is 0 Å². The minimum absolute atomic E-state index is 0.0613. The lowest BCUT2D eigenvalue weighted by Crippen LogP contribution is -2.52. The standard InChI is InChI=1S/C29H55N8O3P/c1-23-22-37(17-16-36(23)15-6-18-41(38,39)40)28-19-27(30)34-29(35-28)33-21-25-11-9-24(10-12-25)20-31-13-5-14-32-26-7-3-2-4-8-26/h19,23-26,31-32H,2-18,20-22H2,1H3,(H2,38,39,40)(H3,30,33,34,35). The Bertz CT molecular complexity index is 952. The van der Waals surface area contributed by atoms with Crippen LogP contribution in [0.3, 0.4) is 0 Å². The predicted molar refractivity (Wildman–Crippen MR) is 168 cm³/mol. The number of piperazine rings is 1. The highest BCUT2D eigenvalue weighted by Crippen LogP contribution is 2.35. The van der Waals surface area contributed by atoms with E-state index in [0.29, 0.717) is 30.6 Å². The van der Waals surface area contributed by atoms with Gasteiger partial charge in [0.05, 0.1) is 6.16 Å². The fourth-order valence-corrected chi connectivity index (χ4v) is 7.27. The topological polar surface area (TPSA) is 152 Å². The lowest BCUT2D eigenvalue weighted by molar-refractivity contribution is 0.188. The minimum Gasteiger partial charge on any atom is -0.383 e. The third kappa shape index (κ3) is 11.6. The number of nitrogens with two attached hydrogens (primary N) is 1. The Kier molecular flexibility index (Phi) is 13.0. The Hall–Kier alpha value is -1.49. The van der Waals surface area contributed by atoms with Gasteiger partial charge < -0.3 is 36.4 Å². The van der Waals surface area contributed by atoms with Gasteiger partial charge in [0.15, 0.2) is 0 Å². The van der Waals surface area contributed by atoms with Crippen LogP contribution < -0.4 is 26.6 Å². The smallest absolute Gasteiger partial charge is 0.325 e. The number of anilines is 3. The first-order valence-electron chi connectivity index (χ1n) is 16.1. The van der Waals surface area contributed by atoms with Crippen LogP contribution >= 0.6 is 7.60 Å². The zero-order valence-electron chi connectivity index (χ0n) is 25.1. The van der Waals surface area contributed by atoms with Gasteiger partial charge in [-0.15, -0.1) is 0 Å². The van der Waals surface area contributed by atoms with Crippen molar-refractivity contribution >= 4 is 25.2 Å². The van der Waals surface area contributed by atoms with Crippen LogP contribution in [0.1, 0.15) is 77.6 Å². The van der Waals surface area contributed by atoms with E-state index in [1.165, 1.54) is 64.2 Å². The van der Waals surface area contributed by atoms with Crippen molar-refractivity contribution in [3.05, 3.63) is 6.07 Å². The molecule has 0 bridgehead atoms. The maximum absolute atomic E-state index is 11.2. The van der Waals surface area contributed by atoms with Crippen LogP contribution in [0.5, 0.6) is 0 Å². The molecule has 1 aliphatic heterocycles. The van der Waals surface area contributed by atoms with Gasteiger partial charge in [-0.2, -0.15) is 9.97 Å². The molecule has 0 radical (unpaired) electrons. The monoisotopic (exact) mass is 594 g/mol. The third-order valence-electron chi connectivity index (χ3n) is 9.23. The summed E-state index contributed by atoms with van der Waals surface area (Å²) in [6.45, 7) is 9.52. The summed E-state index contributed by atoms with van der Waals surface area (Å²) in [4.78, 5) is 32.0. The number of hydrogen-bond donors (Lipinski definition) is 6. The van der Waals surface area contributed by atoms with Crippen LogP contribution in [0.15, 0.2) is 6.07 Å². The van der Waals surface area contributed by atoms with E-state index < -0.39 is 7.60 Å². The van der Waals surface area contributed by atoms with Crippen molar-refractivity contribution in [1.82, 2.24) is 25.5 Å². The number of rotatable bonds is 15. The van der Waals surface area contributed by atoms with E-state index in [1.807, 2.05) is 6.07 Å². The summed E-state index contributed by atoms with van der Waals surface area (Å²) < 4.78 is 11.2. The van der Waals surface area contributed by atoms with Crippen LogP contribution in [-0.4, -0.2) is 95.3 Å². The average Bonchev–Trinajstić information content (AvgIpc) is 2.95. The maximum atomic E-state index is 11.2. The Balaban J connectivity index is 1.11. The molecule has 1 aromatic heterocycles. The normalized spacial score (nSPS) is 25.0. The predicted octanol–water partition coefficient (Wildman–Crippen LogP) is 3.26. The molecule has 2 heterocycles. The Morgan fingerprint density at radius 3 is 2.41 bits per heavy atom. The van der Waals surface area contributed by atoms with Crippen molar-refractivity contribution in [3.8, 4) is 0 Å². The molecule has 41 heavy (non-hydrogen) atoms. The Morgan fingerprint density at radius 1 is 0.976 bits per heavy atom. The molecule has 4 rings (SSSR count). The summed E-state index contributed by atoms with van der Waals surface area (Å²) in [5.74, 6) is 3.33. The van der Waals surface area contributed by atoms with Crippen LogP contribution in [-0.2, 0) is 4.57 Å². The number of nitrogen functional groups attached to an aromatic ring is 1. The third-order valence-corrected chi connectivity index (χ3v) is 10.1. The summed E-state index contributed by atoms with van der Waals surface area (Å²) >= 11 is 0. The van der Waals surface area contributed by atoms with Gasteiger partial charge in [0, 0.05) is 44.3 Å².